The van der Waals surface area contributed by atoms with E-state index in [1.54, 1.807) is 0 Å². The van der Waals surface area contributed by atoms with Gasteiger partial charge in [0.15, 0.2) is 4.47 Å². The number of carbonyl (C=O) groups excluding carboxylic acids is 1. The molecule has 8 nitrogen and oxygen atoms in total. The van der Waals surface area contributed by atoms with E-state index in [-0.39, 0.29) is 10.0 Å². The maximum Gasteiger partial charge on any atom is 0.338 e. The van der Waals surface area contributed by atoms with Crippen LogP contribution in [0.3, 0.4) is 0 Å². The number of nitro groups is 2. The van der Waals surface area contributed by atoms with Crippen LogP contribution in [0.25, 0.3) is 0 Å². The lowest BCUT2D eigenvalue weighted by Crippen LogP contribution is -2.04. The zero-order valence-corrected chi connectivity index (χ0v) is 9.96. The Balaban J connectivity index is 3.52. The molecule has 17 heavy (non-hydrogen) atoms. The summed E-state index contributed by atoms with van der Waals surface area (Å²) >= 11 is 2.75. The molecule has 0 aliphatic carbocycles. The predicted molar refractivity (Wildman–Crippen MR) is 58.8 cm³/mol. The summed E-state index contributed by atoms with van der Waals surface area (Å²) in [5, 5.41) is 21.3. The quantitative estimate of drug-likeness (QED) is 0.480. The van der Waals surface area contributed by atoms with E-state index in [0.29, 0.717) is 0 Å². The molecule has 0 aromatic heterocycles. The number of methoxy groups -OCH3 is 1. The van der Waals surface area contributed by atoms with Gasteiger partial charge in [0, 0.05) is 12.1 Å². The Hall–Kier alpha value is -2.03. The number of esters is 1. The molecular weight excluding hydrogens is 300 g/mol. The van der Waals surface area contributed by atoms with E-state index in [0.717, 1.165) is 19.2 Å². The molecule has 0 amide bonds. The second-order valence-electron chi connectivity index (χ2n) is 2.83. The molecule has 0 saturated carbocycles. The number of hydrogen-bond donors (Lipinski definition) is 0. The summed E-state index contributed by atoms with van der Waals surface area (Å²) < 4.78 is 4.05. The van der Waals surface area contributed by atoms with Gasteiger partial charge in [-0.15, -0.1) is 0 Å². The lowest BCUT2D eigenvalue weighted by atomic mass is 10.2. The van der Waals surface area contributed by atoms with Crippen molar-refractivity contribution in [3.8, 4) is 0 Å². The zero-order valence-electron chi connectivity index (χ0n) is 8.38. The predicted octanol–water partition coefficient (Wildman–Crippen LogP) is 2.05. The molecule has 0 atom stereocenters. The fourth-order valence-corrected chi connectivity index (χ4v) is 1.61. The average Bonchev–Trinajstić information content (AvgIpc) is 2.27. The van der Waals surface area contributed by atoms with Crippen LogP contribution in [0.5, 0.6) is 0 Å². The topological polar surface area (TPSA) is 113 Å². The fraction of sp³-hybridized carbons (Fsp3) is 0.125. The smallest absolute Gasteiger partial charge is 0.338 e. The van der Waals surface area contributed by atoms with Gasteiger partial charge in [-0.25, -0.2) is 4.79 Å². The standard InChI is InChI=1S/C8H5BrN2O6/c1-17-8(12)4-2-5(10(13)14)7(9)6(3-4)11(15)16/h2-3H,1H3. The van der Waals surface area contributed by atoms with Crippen molar-refractivity contribution >= 4 is 33.3 Å². The highest BCUT2D eigenvalue weighted by Crippen LogP contribution is 2.35. The van der Waals surface area contributed by atoms with Gasteiger partial charge in [0.2, 0.25) is 0 Å². The van der Waals surface area contributed by atoms with Crippen molar-refractivity contribution in [1.82, 2.24) is 0 Å². The van der Waals surface area contributed by atoms with E-state index < -0.39 is 27.2 Å². The number of ether oxygens (including phenoxy) is 1. The molecule has 0 fully saturated rings. The first-order valence-electron chi connectivity index (χ1n) is 4.09. The largest absolute Gasteiger partial charge is 0.465 e. The van der Waals surface area contributed by atoms with Crippen LogP contribution in [0.2, 0.25) is 0 Å². The Morgan fingerprint density at radius 1 is 1.24 bits per heavy atom. The highest BCUT2D eigenvalue weighted by atomic mass is 79.9. The number of benzene rings is 1. The summed E-state index contributed by atoms with van der Waals surface area (Å²) in [6, 6.07) is 1.81. The highest BCUT2D eigenvalue weighted by Gasteiger charge is 2.26. The monoisotopic (exact) mass is 304 g/mol. The number of nitrogens with zero attached hydrogens (tertiary/aromatic N) is 2. The first-order valence-corrected chi connectivity index (χ1v) is 4.88. The molecule has 0 N–H and O–H groups in total. The van der Waals surface area contributed by atoms with Crippen molar-refractivity contribution in [3.05, 3.63) is 42.4 Å². The maximum absolute atomic E-state index is 11.2. The minimum Gasteiger partial charge on any atom is -0.465 e. The normalized spacial score (nSPS) is 9.76. The van der Waals surface area contributed by atoms with Crippen LogP contribution in [-0.2, 0) is 4.74 Å². The number of rotatable bonds is 3. The van der Waals surface area contributed by atoms with Gasteiger partial charge in [-0.3, -0.25) is 20.2 Å². The summed E-state index contributed by atoms with van der Waals surface area (Å²) in [6.45, 7) is 0. The maximum atomic E-state index is 11.2. The van der Waals surface area contributed by atoms with Crippen molar-refractivity contribution in [1.29, 1.82) is 0 Å². The molecule has 1 aromatic rings. The van der Waals surface area contributed by atoms with Gasteiger partial charge in [0.1, 0.15) is 0 Å². The fourth-order valence-electron chi connectivity index (χ4n) is 1.10. The van der Waals surface area contributed by atoms with Crippen LogP contribution in [0.1, 0.15) is 10.4 Å². The second kappa shape index (κ2) is 4.87. The molecule has 0 saturated heterocycles. The first-order chi connectivity index (χ1) is 7.88. The van der Waals surface area contributed by atoms with Gasteiger partial charge in [-0.1, -0.05) is 0 Å². The lowest BCUT2D eigenvalue weighted by molar-refractivity contribution is -0.395. The van der Waals surface area contributed by atoms with Gasteiger partial charge >= 0.3 is 5.97 Å². The summed E-state index contributed by atoms with van der Waals surface area (Å²) in [4.78, 5) is 30.9. The molecule has 0 aliphatic heterocycles. The van der Waals surface area contributed by atoms with Crippen molar-refractivity contribution in [3.63, 3.8) is 0 Å². The minimum absolute atomic E-state index is 0.255. The van der Waals surface area contributed by atoms with Crippen LogP contribution in [0.4, 0.5) is 11.4 Å². The molecule has 0 bridgehead atoms. The molecule has 0 heterocycles. The molecule has 9 heteroatoms. The summed E-state index contributed by atoms with van der Waals surface area (Å²) in [6.07, 6.45) is 0. The average molecular weight is 305 g/mol. The van der Waals surface area contributed by atoms with Gasteiger partial charge in [-0.2, -0.15) is 0 Å². The third-order valence-corrected chi connectivity index (χ3v) is 2.66. The van der Waals surface area contributed by atoms with Gasteiger partial charge in [-0.05, 0) is 15.9 Å². The molecule has 1 rings (SSSR count). The molecule has 1 aromatic carbocycles. The Labute approximate surface area is 103 Å². The summed E-state index contributed by atoms with van der Waals surface area (Å²) in [7, 11) is 1.07. The number of carbonyl (C=O) groups is 1. The van der Waals surface area contributed by atoms with Crippen LogP contribution in [0, 0.1) is 20.2 Å². The SMILES string of the molecule is COC(=O)c1cc([N+](=O)[O-])c(Br)c([N+](=O)[O-])c1. The molecule has 0 aliphatic rings. The van der Waals surface area contributed by atoms with Crippen molar-refractivity contribution in [2.45, 2.75) is 0 Å². The Kier molecular flexibility index (Phi) is 3.73. The van der Waals surface area contributed by atoms with Gasteiger partial charge < -0.3 is 4.74 Å². The lowest BCUT2D eigenvalue weighted by Gasteiger charge is -2.02. The summed E-state index contributed by atoms with van der Waals surface area (Å²) in [5.74, 6) is -0.885. The molecule has 0 spiro atoms. The van der Waals surface area contributed by atoms with Gasteiger partial charge in [0.25, 0.3) is 11.4 Å². The van der Waals surface area contributed by atoms with Crippen LogP contribution >= 0.6 is 15.9 Å². The van der Waals surface area contributed by atoms with Crippen LogP contribution in [0.15, 0.2) is 16.6 Å². The van der Waals surface area contributed by atoms with E-state index in [1.165, 1.54) is 0 Å². The minimum atomic E-state index is -0.885. The van der Waals surface area contributed by atoms with Gasteiger partial charge in [0.05, 0.1) is 22.5 Å². The zero-order chi connectivity index (χ0) is 13.2. The third-order valence-electron chi connectivity index (χ3n) is 1.85. The molecule has 90 valence electrons. The summed E-state index contributed by atoms with van der Waals surface area (Å²) in [5.41, 5.74) is -1.40. The van der Waals surface area contributed by atoms with Crippen LogP contribution < -0.4 is 0 Å². The number of nitro benzene ring substituents is 2. The molecule has 0 radical (unpaired) electrons. The molecular formula is C8H5BrN2O6. The Morgan fingerprint density at radius 3 is 1.94 bits per heavy atom. The number of hydrogen-bond acceptors (Lipinski definition) is 6. The number of halogens is 1. The molecule has 0 unspecified atom stereocenters. The van der Waals surface area contributed by atoms with E-state index >= 15 is 0 Å². The van der Waals surface area contributed by atoms with Crippen molar-refractivity contribution < 1.29 is 19.4 Å². The highest BCUT2D eigenvalue weighted by molar-refractivity contribution is 9.10. The van der Waals surface area contributed by atoms with E-state index in [2.05, 4.69) is 20.7 Å². The second-order valence-corrected chi connectivity index (χ2v) is 3.63. The van der Waals surface area contributed by atoms with Crippen LogP contribution in [-0.4, -0.2) is 22.9 Å². The van der Waals surface area contributed by atoms with E-state index in [1.807, 2.05) is 0 Å². The first kappa shape index (κ1) is 13.0. The van der Waals surface area contributed by atoms with Crippen molar-refractivity contribution in [2.24, 2.45) is 0 Å². The van der Waals surface area contributed by atoms with E-state index in [9.17, 15) is 25.0 Å². The Morgan fingerprint density at radius 2 is 1.65 bits per heavy atom. The Bertz CT molecular complexity index is 480. The van der Waals surface area contributed by atoms with Crippen molar-refractivity contribution in [2.75, 3.05) is 7.11 Å². The third kappa shape index (κ3) is 2.56. The van der Waals surface area contributed by atoms with E-state index in [4.69, 9.17) is 0 Å².